The van der Waals surface area contributed by atoms with Crippen molar-refractivity contribution in [1.29, 1.82) is 0 Å². The highest BCUT2D eigenvalue weighted by atomic mass is 16.6. The second-order valence-corrected chi connectivity index (χ2v) is 4.96. The van der Waals surface area contributed by atoms with E-state index in [-0.39, 0.29) is 0 Å². The summed E-state index contributed by atoms with van der Waals surface area (Å²) in [5, 5.41) is 2.82. The van der Waals surface area contributed by atoms with Crippen LogP contribution in [0.4, 0.5) is 10.5 Å². The van der Waals surface area contributed by atoms with Crippen LogP contribution in [0.5, 0.6) is 11.5 Å². The lowest BCUT2D eigenvalue weighted by atomic mass is 10.1. The number of hydrogen-bond acceptors (Lipinski definition) is 3. The maximum atomic E-state index is 12.1. The van der Waals surface area contributed by atoms with Crippen LogP contribution in [0.3, 0.4) is 0 Å². The number of anilines is 1. The normalized spacial score (nSPS) is 12.6. The van der Waals surface area contributed by atoms with E-state index < -0.39 is 6.09 Å². The maximum Gasteiger partial charge on any atom is 0.417 e. The summed E-state index contributed by atoms with van der Waals surface area (Å²) < 4.78 is 10.6. The van der Waals surface area contributed by atoms with E-state index in [0.29, 0.717) is 11.5 Å². The van der Waals surface area contributed by atoms with Crippen molar-refractivity contribution in [1.82, 2.24) is 0 Å². The Kier molecular flexibility index (Phi) is 3.77. The lowest BCUT2D eigenvalue weighted by Gasteiger charge is -2.14. The van der Waals surface area contributed by atoms with E-state index in [1.807, 2.05) is 24.3 Å². The Labute approximate surface area is 123 Å². The lowest BCUT2D eigenvalue weighted by Crippen LogP contribution is -2.18. The first kappa shape index (κ1) is 13.5. The minimum absolute atomic E-state index is 0.500. The Hall–Kier alpha value is -2.49. The first-order valence-electron chi connectivity index (χ1n) is 7.00. The fourth-order valence-corrected chi connectivity index (χ4v) is 2.68. The van der Waals surface area contributed by atoms with Gasteiger partial charge in [0.1, 0.15) is 11.5 Å². The highest BCUT2D eigenvalue weighted by Gasteiger charge is 2.20. The SMILES string of the molecule is COc1ccc2c(c1NC(=O)Oc1ccccc1)CCC2. The van der Waals surface area contributed by atoms with Crippen molar-refractivity contribution in [2.24, 2.45) is 0 Å². The molecule has 0 saturated carbocycles. The summed E-state index contributed by atoms with van der Waals surface area (Å²) >= 11 is 0. The molecule has 0 unspecified atom stereocenters. The van der Waals surface area contributed by atoms with Gasteiger partial charge in [-0.1, -0.05) is 24.3 Å². The van der Waals surface area contributed by atoms with Crippen LogP contribution in [0, 0.1) is 0 Å². The summed E-state index contributed by atoms with van der Waals surface area (Å²) in [5.41, 5.74) is 3.15. The van der Waals surface area contributed by atoms with Crippen molar-refractivity contribution in [3.63, 3.8) is 0 Å². The molecule has 0 aromatic heterocycles. The standard InChI is InChI=1S/C17H17NO3/c1-20-15-11-10-12-6-5-9-14(12)16(15)18-17(19)21-13-7-3-2-4-8-13/h2-4,7-8,10-11H,5-6,9H2,1H3,(H,18,19). The second-order valence-electron chi connectivity index (χ2n) is 4.96. The van der Waals surface area contributed by atoms with Crippen molar-refractivity contribution < 1.29 is 14.3 Å². The number of aryl methyl sites for hydroxylation is 1. The second kappa shape index (κ2) is 5.87. The monoisotopic (exact) mass is 283 g/mol. The number of carbonyl (C=O) groups excluding carboxylic acids is 1. The van der Waals surface area contributed by atoms with Crippen LogP contribution in [0.25, 0.3) is 0 Å². The zero-order valence-corrected chi connectivity index (χ0v) is 11.9. The van der Waals surface area contributed by atoms with Crippen LogP contribution < -0.4 is 14.8 Å². The molecule has 21 heavy (non-hydrogen) atoms. The molecule has 3 rings (SSSR count). The molecule has 4 nitrogen and oxygen atoms in total. The van der Waals surface area contributed by atoms with Gasteiger partial charge in [-0.15, -0.1) is 0 Å². The van der Waals surface area contributed by atoms with Gasteiger partial charge in [0, 0.05) is 0 Å². The molecule has 0 atom stereocenters. The largest absolute Gasteiger partial charge is 0.495 e. The Bertz CT molecular complexity index is 653. The molecule has 0 heterocycles. The van der Waals surface area contributed by atoms with Gasteiger partial charge in [0.2, 0.25) is 0 Å². The van der Waals surface area contributed by atoms with Gasteiger partial charge in [0.15, 0.2) is 0 Å². The van der Waals surface area contributed by atoms with Crippen molar-refractivity contribution in [2.75, 3.05) is 12.4 Å². The summed E-state index contributed by atoms with van der Waals surface area (Å²) in [6.45, 7) is 0. The third kappa shape index (κ3) is 2.84. The third-order valence-electron chi connectivity index (χ3n) is 3.65. The zero-order chi connectivity index (χ0) is 14.7. The number of ether oxygens (including phenoxy) is 2. The van der Waals surface area contributed by atoms with Gasteiger partial charge in [0.05, 0.1) is 12.8 Å². The van der Waals surface area contributed by atoms with Crippen LogP contribution in [0.1, 0.15) is 17.5 Å². The molecular weight excluding hydrogens is 266 g/mol. The first-order chi connectivity index (χ1) is 10.3. The van der Waals surface area contributed by atoms with E-state index >= 15 is 0 Å². The number of nitrogens with one attached hydrogen (secondary N) is 1. The van der Waals surface area contributed by atoms with Gasteiger partial charge in [0.25, 0.3) is 0 Å². The Balaban J connectivity index is 1.81. The predicted octanol–water partition coefficient (Wildman–Crippen LogP) is 3.79. The molecule has 1 aliphatic rings. The van der Waals surface area contributed by atoms with Crippen molar-refractivity contribution in [2.45, 2.75) is 19.3 Å². The molecule has 2 aromatic rings. The van der Waals surface area contributed by atoms with Crippen LogP contribution in [0.15, 0.2) is 42.5 Å². The number of rotatable bonds is 3. The van der Waals surface area contributed by atoms with E-state index in [0.717, 1.165) is 30.5 Å². The predicted molar refractivity (Wildman–Crippen MR) is 81.1 cm³/mol. The summed E-state index contributed by atoms with van der Waals surface area (Å²) in [6, 6.07) is 13.0. The van der Waals surface area contributed by atoms with Crippen LogP contribution in [0.2, 0.25) is 0 Å². The Morgan fingerprint density at radius 1 is 1.10 bits per heavy atom. The van der Waals surface area contributed by atoms with Crippen molar-refractivity contribution in [3.05, 3.63) is 53.6 Å². The van der Waals surface area contributed by atoms with Crippen molar-refractivity contribution in [3.8, 4) is 11.5 Å². The third-order valence-corrected chi connectivity index (χ3v) is 3.65. The van der Waals surface area contributed by atoms with Gasteiger partial charge >= 0.3 is 6.09 Å². The van der Waals surface area contributed by atoms with E-state index in [4.69, 9.17) is 9.47 Å². The molecule has 1 N–H and O–H groups in total. The number of fused-ring (bicyclic) bond motifs is 1. The van der Waals surface area contributed by atoms with Crippen LogP contribution >= 0.6 is 0 Å². The highest BCUT2D eigenvalue weighted by molar-refractivity contribution is 5.90. The maximum absolute atomic E-state index is 12.1. The smallest absolute Gasteiger partial charge is 0.417 e. The molecule has 0 saturated heterocycles. The van der Waals surface area contributed by atoms with Gasteiger partial charge in [-0.2, -0.15) is 0 Å². The molecule has 4 heteroatoms. The molecule has 2 aromatic carbocycles. The number of hydrogen-bond donors (Lipinski definition) is 1. The number of amides is 1. The number of carbonyl (C=O) groups is 1. The van der Waals surface area contributed by atoms with E-state index in [1.165, 1.54) is 5.56 Å². The molecule has 0 aliphatic heterocycles. The minimum atomic E-state index is -0.500. The highest BCUT2D eigenvalue weighted by Crippen LogP contribution is 2.36. The molecule has 108 valence electrons. The first-order valence-corrected chi connectivity index (χ1v) is 7.00. The molecule has 0 fully saturated rings. The Morgan fingerprint density at radius 2 is 1.90 bits per heavy atom. The number of benzene rings is 2. The molecule has 1 amide bonds. The molecule has 0 bridgehead atoms. The van der Waals surface area contributed by atoms with Crippen molar-refractivity contribution >= 4 is 11.8 Å². The molecule has 0 radical (unpaired) electrons. The molecule has 0 spiro atoms. The van der Waals surface area contributed by atoms with Gasteiger partial charge in [-0.25, -0.2) is 4.79 Å². The molecule has 1 aliphatic carbocycles. The van der Waals surface area contributed by atoms with Gasteiger partial charge in [-0.3, -0.25) is 5.32 Å². The lowest BCUT2D eigenvalue weighted by molar-refractivity contribution is 0.215. The Morgan fingerprint density at radius 3 is 2.67 bits per heavy atom. The number of methoxy groups -OCH3 is 1. The van der Waals surface area contributed by atoms with Gasteiger partial charge < -0.3 is 9.47 Å². The summed E-state index contributed by atoms with van der Waals surface area (Å²) in [4.78, 5) is 12.1. The topological polar surface area (TPSA) is 47.6 Å². The van der Waals surface area contributed by atoms with E-state index in [9.17, 15) is 4.79 Å². The van der Waals surface area contributed by atoms with Crippen LogP contribution in [-0.2, 0) is 12.8 Å². The fraction of sp³-hybridized carbons (Fsp3) is 0.235. The average molecular weight is 283 g/mol. The number of para-hydroxylation sites is 1. The summed E-state index contributed by atoms with van der Waals surface area (Å²) in [7, 11) is 1.60. The summed E-state index contributed by atoms with van der Waals surface area (Å²) in [6.07, 6.45) is 2.60. The molecular formula is C17H17NO3. The summed E-state index contributed by atoms with van der Waals surface area (Å²) in [5.74, 6) is 1.18. The van der Waals surface area contributed by atoms with E-state index in [1.54, 1.807) is 19.2 Å². The van der Waals surface area contributed by atoms with Gasteiger partial charge in [-0.05, 0) is 48.6 Å². The fourth-order valence-electron chi connectivity index (χ4n) is 2.68. The average Bonchev–Trinajstić information content (AvgIpc) is 2.97. The zero-order valence-electron chi connectivity index (χ0n) is 11.9. The van der Waals surface area contributed by atoms with E-state index in [2.05, 4.69) is 11.4 Å². The quantitative estimate of drug-likeness (QED) is 0.932. The minimum Gasteiger partial charge on any atom is -0.495 e. The van der Waals surface area contributed by atoms with Crippen LogP contribution in [-0.4, -0.2) is 13.2 Å².